The van der Waals surface area contributed by atoms with E-state index in [1.807, 2.05) is 37.3 Å². The molecule has 20 heavy (non-hydrogen) atoms. The van der Waals surface area contributed by atoms with Crippen LogP contribution in [-0.2, 0) is 11.4 Å². The largest absolute Gasteiger partial charge is 0.483 e. The second-order valence-electron chi connectivity index (χ2n) is 4.47. The summed E-state index contributed by atoms with van der Waals surface area (Å²) in [6, 6.07) is 14.7. The van der Waals surface area contributed by atoms with Crippen LogP contribution in [0.3, 0.4) is 0 Å². The third-order valence-corrected chi connectivity index (χ3v) is 2.80. The van der Waals surface area contributed by atoms with E-state index in [0.29, 0.717) is 11.3 Å². The third kappa shape index (κ3) is 3.83. The Morgan fingerprint density at radius 1 is 1.20 bits per heavy atom. The van der Waals surface area contributed by atoms with Crippen LogP contribution < -0.4 is 10.1 Å². The van der Waals surface area contributed by atoms with Crippen LogP contribution in [-0.4, -0.2) is 17.6 Å². The highest BCUT2D eigenvalue weighted by Crippen LogP contribution is 2.17. The Kier molecular flexibility index (Phi) is 4.74. The Morgan fingerprint density at radius 2 is 2.00 bits per heavy atom. The van der Waals surface area contributed by atoms with Crippen molar-refractivity contribution >= 4 is 11.6 Å². The minimum absolute atomic E-state index is 0.0923. The van der Waals surface area contributed by atoms with E-state index in [4.69, 9.17) is 9.84 Å². The van der Waals surface area contributed by atoms with Crippen LogP contribution in [0.25, 0.3) is 0 Å². The van der Waals surface area contributed by atoms with Crippen molar-refractivity contribution < 1.29 is 14.6 Å². The fraction of sp³-hybridized carbons (Fsp3) is 0.188. The van der Waals surface area contributed by atoms with E-state index in [0.717, 1.165) is 11.3 Å². The maximum atomic E-state index is 11.8. The van der Waals surface area contributed by atoms with Gasteiger partial charge in [0.25, 0.3) is 5.91 Å². The standard InChI is InChI=1S/C16H17NO3/c1-12-5-4-7-14(9-12)17-16(19)11-20-15-8-3-2-6-13(15)10-18/h2-9,18H,10-11H2,1H3,(H,17,19). The van der Waals surface area contributed by atoms with Gasteiger partial charge in [-0.2, -0.15) is 0 Å². The first-order chi connectivity index (χ1) is 9.69. The van der Waals surface area contributed by atoms with Gasteiger partial charge in [0.1, 0.15) is 5.75 Å². The van der Waals surface area contributed by atoms with Gasteiger partial charge in [0.15, 0.2) is 6.61 Å². The molecule has 2 N–H and O–H groups in total. The van der Waals surface area contributed by atoms with Gasteiger partial charge in [0, 0.05) is 11.3 Å². The maximum Gasteiger partial charge on any atom is 0.262 e. The molecule has 1 amide bonds. The Labute approximate surface area is 118 Å². The summed E-state index contributed by atoms with van der Waals surface area (Å²) in [4.78, 5) is 11.8. The maximum absolute atomic E-state index is 11.8. The Hall–Kier alpha value is -2.33. The van der Waals surface area contributed by atoms with Gasteiger partial charge in [-0.3, -0.25) is 4.79 Å². The molecule has 0 aliphatic rings. The lowest BCUT2D eigenvalue weighted by Crippen LogP contribution is -2.20. The number of anilines is 1. The number of benzene rings is 2. The number of aliphatic hydroxyl groups is 1. The minimum Gasteiger partial charge on any atom is -0.483 e. The van der Waals surface area contributed by atoms with Crippen molar-refractivity contribution in [2.75, 3.05) is 11.9 Å². The topological polar surface area (TPSA) is 58.6 Å². The van der Waals surface area contributed by atoms with E-state index in [1.165, 1.54) is 0 Å². The molecule has 0 fully saturated rings. The molecule has 0 saturated heterocycles. The molecule has 0 bridgehead atoms. The van der Waals surface area contributed by atoms with Crippen LogP contribution in [0.15, 0.2) is 48.5 Å². The van der Waals surface area contributed by atoms with Gasteiger partial charge < -0.3 is 15.2 Å². The van der Waals surface area contributed by atoms with Crippen LogP contribution in [0, 0.1) is 6.92 Å². The first-order valence-electron chi connectivity index (χ1n) is 6.37. The Bertz CT molecular complexity index is 596. The van der Waals surface area contributed by atoms with Gasteiger partial charge in [-0.25, -0.2) is 0 Å². The number of aryl methyl sites for hydroxylation is 1. The van der Waals surface area contributed by atoms with Crippen molar-refractivity contribution in [2.45, 2.75) is 13.5 Å². The number of ether oxygens (including phenoxy) is 1. The normalized spacial score (nSPS) is 10.1. The van der Waals surface area contributed by atoms with Crippen molar-refractivity contribution in [3.8, 4) is 5.75 Å². The Balaban J connectivity index is 1.92. The van der Waals surface area contributed by atoms with Gasteiger partial charge in [0.05, 0.1) is 6.61 Å². The highest BCUT2D eigenvalue weighted by atomic mass is 16.5. The number of para-hydroxylation sites is 1. The molecule has 4 nitrogen and oxygen atoms in total. The predicted octanol–water partition coefficient (Wildman–Crippen LogP) is 2.50. The second-order valence-corrected chi connectivity index (χ2v) is 4.47. The molecule has 0 aromatic heterocycles. The second kappa shape index (κ2) is 6.73. The number of carbonyl (C=O) groups excluding carboxylic acids is 1. The number of hydrogen-bond acceptors (Lipinski definition) is 3. The van der Waals surface area contributed by atoms with Crippen LogP contribution >= 0.6 is 0 Å². The van der Waals surface area contributed by atoms with E-state index >= 15 is 0 Å². The van der Waals surface area contributed by atoms with E-state index in [1.54, 1.807) is 18.2 Å². The number of amides is 1. The van der Waals surface area contributed by atoms with Gasteiger partial charge in [-0.05, 0) is 30.7 Å². The molecule has 0 unspecified atom stereocenters. The van der Waals surface area contributed by atoms with Gasteiger partial charge >= 0.3 is 0 Å². The van der Waals surface area contributed by atoms with Gasteiger partial charge in [-0.1, -0.05) is 30.3 Å². The van der Waals surface area contributed by atoms with E-state index in [9.17, 15) is 4.79 Å². The average molecular weight is 271 g/mol. The van der Waals surface area contributed by atoms with Gasteiger partial charge in [0.2, 0.25) is 0 Å². The molecule has 2 aromatic carbocycles. The average Bonchev–Trinajstić information content (AvgIpc) is 2.45. The molecule has 0 atom stereocenters. The summed E-state index contributed by atoms with van der Waals surface area (Å²) in [6.45, 7) is 1.75. The monoisotopic (exact) mass is 271 g/mol. The summed E-state index contributed by atoms with van der Waals surface area (Å²) in [5.41, 5.74) is 2.49. The fourth-order valence-corrected chi connectivity index (χ4v) is 1.84. The first-order valence-corrected chi connectivity index (χ1v) is 6.37. The molecular weight excluding hydrogens is 254 g/mol. The lowest BCUT2D eigenvalue weighted by Gasteiger charge is -2.10. The zero-order valence-electron chi connectivity index (χ0n) is 11.3. The highest BCUT2D eigenvalue weighted by Gasteiger charge is 2.06. The number of carbonyl (C=O) groups is 1. The molecule has 4 heteroatoms. The smallest absolute Gasteiger partial charge is 0.262 e. The lowest BCUT2D eigenvalue weighted by atomic mass is 10.2. The van der Waals surface area contributed by atoms with E-state index in [2.05, 4.69) is 5.32 Å². The summed E-state index contributed by atoms with van der Waals surface area (Å²) in [5, 5.41) is 11.9. The molecule has 0 saturated carbocycles. The summed E-state index contributed by atoms with van der Waals surface area (Å²) in [5.74, 6) is 0.290. The number of aliphatic hydroxyl groups excluding tert-OH is 1. The van der Waals surface area contributed by atoms with Crippen LogP contribution in [0.5, 0.6) is 5.75 Å². The van der Waals surface area contributed by atoms with Crippen LogP contribution in [0.2, 0.25) is 0 Å². The summed E-state index contributed by atoms with van der Waals surface area (Å²) < 4.78 is 5.42. The molecular formula is C16H17NO3. The Morgan fingerprint density at radius 3 is 2.75 bits per heavy atom. The quantitative estimate of drug-likeness (QED) is 0.878. The van der Waals surface area contributed by atoms with Gasteiger partial charge in [-0.15, -0.1) is 0 Å². The van der Waals surface area contributed by atoms with Crippen molar-refractivity contribution in [3.05, 3.63) is 59.7 Å². The van der Waals surface area contributed by atoms with E-state index < -0.39 is 0 Å². The van der Waals surface area contributed by atoms with Crippen molar-refractivity contribution in [2.24, 2.45) is 0 Å². The summed E-state index contributed by atoms with van der Waals surface area (Å²) in [7, 11) is 0. The fourth-order valence-electron chi connectivity index (χ4n) is 1.84. The van der Waals surface area contributed by atoms with Crippen molar-refractivity contribution in [3.63, 3.8) is 0 Å². The minimum atomic E-state index is -0.233. The third-order valence-electron chi connectivity index (χ3n) is 2.80. The number of nitrogens with one attached hydrogen (secondary N) is 1. The molecule has 0 aliphatic carbocycles. The molecule has 2 rings (SSSR count). The van der Waals surface area contributed by atoms with Crippen LogP contribution in [0.4, 0.5) is 5.69 Å². The predicted molar refractivity (Wildman–Crippen MR) is 77.7 cm³/mol. The number of rotatable bonds is 5. The van der Waals surface area contributed by atoms with E-state index in [-0.39, 0.29) is 19.1 Å². The molecule has 0 heterocycles. The molecule has 0 aliphatic heterocycles. The van der Waals surface area contributed by atoms with Crippen LogP contribution in [0.1, 0.15) is 11.1 Å². The molecule has 0 spiro atoms. The summed E-state index contributed by atoms with van der Waals surface area (Å²) in [6.07, 6.45) is 0. The van der Waals surface area contributed by atoms with Crippen molar-refractivity contribution in [1.82, 2.24) is 0 Å². The zero-order valence-corrected chi connectivity index (χ0v) is 11.3. The first kappa shape index (κ1) is 14.1. The molecule has 0 radical (unpaired) electrons. The zero-order chi connectivity index (χ0) is 14.4. The molecule has 104 valence electrons. The SMILES string of the molecule is Cc1cccc(NC(=O)COc2ccccc2CO)c1. The lowest BCUT2D eigenvalue weighted by molar-refractivity contribution is -0.118. The highest BCUT2D eigenvalue weighted by molar-refractivity contribution is 5.91. The molecule has 2 aromatic rings. The summed E-state index contributed by atoms with van der Waals surface area (Å²) >= 11 is 0. The van der Waals surface area contributed by atoms with Crippen molar-refractivity contribution in [1.29, 1.82) is 0 Å². The number of hydrogen-bond donors (Lipinski definition) is 2.